The fraction of sp³-hybridized carbons (Fsp3) is 0.894. The van der Waals surface area contributed by atoms with Crippen LogP contribution in [0.25, 0.3) is 0 Å². The zero-order valence-corrected chi connectivity index (χ0v) is 39.0. The van der Waals surface area contributed by atoms with Gasteiger partial charge in [-0.05, 0) is 32.1 Å². The summed E-state index contributed by atoms with van der Waals surface area (Å²) in [6.45, 7) is 3.73. The van der Waals surface area contributed by atoms with Gasteiger partial charge in [0, 0.05) is 0 Å². The topological polar surface area (TPSA) is 226 Å². The molecule has 1 amide bonds. The monoisotopic (exact) mass is 892 g/mol. The third kappa shape index (κ3) is 29.0. The van der Waals surface area contributed by atoms with Crippen LogP contribution in [0.3, 0.4) is 0 Å². The first-order chi connectivity index (χ1) is 29.3. The maximum atomic E-state index is 13.0. The summed E-state index contributed by atoms with van der Waals surface area (Å²) >= 11 is 0. The van der Waals surface area contributed by atoms with Crippen molar-refractivity contribution < 1.29 is 59.0 Å². The van der Waals surface area contributed by atoms with Crippen LogP contribution in [0.15, 0.2) is 24.3 Å². The molecule has 0 spiro atoms. The van der Waals surface area contributed by atoms with Gasteiger partial charge in [-0.3, -0.25) is 13.8 Å². The second-order valence-electron chi connectivity index (χ2n) is 17.5. The molecule has 1 aliphatic carbocycles. The lowest BCUT2D eigenvalue weighted by Gasteiger charge is -2.41. The number of allylic oxidation sites excluding steroid dienone is 3. The molecule has 0 saturated heterocycles. The van der Waals surface area contributed by atoms with Crippen LogP contribution >= 0.6 is 7.82 Å². The number of hydrogen-bond donors (Lipinski definition) is 9. The average Bonchev–Trinajstić information content (AvgIpc) is 3.23. The third-order valence-corrected chi connectivity index (χ3v) is 12.8. The van der Waals surface area contributed by atoms with Gasteiger partial charge in [-0.2, -0.15) is 0 Å². The van der Waals surface area contributed by atoms with Gasteiger partial charge in [-0.1, -0.05) is 192 Å². The predicted octanol–water partition coefficient (Wildman–Crippen LogP) is 8.37. The van der Waals surface area contributed by atoms with Crippen LogP contribution in [0.1, 0.15) is 206 Å². The van der Waals surface area contributed by atoms with Crippen molar-refractivity contribution in [1.82, 2.24) is 5.32 Å². The normalized spacial score (nSPS) is 23.4. The highest BCUT2D eigenvalue weighted by molar-refractivity contribution is 7.47. The number of hydrogen-bond acceptors (Lipinski definition) is 11. The molecule has 1 fully saturated rings. The molecule has 8 unspecified atom stereocenters. The summed E-state index contributed by atoms with van der Waals surface area (Å²) in [7, 11) is -5.15. The molecular weight excluding hydrogens is 801 g/mol. The molecule has 1 aliphatic rings. The van der Waals surface area contributed by atoms with Gasteiger partial charge in [0.2, 0.25) is 5.91 Å². The largest absolute Gasteiger partial charge is 0.472 e. The first-order valence-electron chi connectivity index (χ1n) is 24.4. The van der Waals surface area contributed by atoms with Gasteiger partial charge in [0.05, 0.1) is 31.3 Å². The number of carbonyl (C=O) groups excluding carboxylic acids is 1. The quantitative estimate of drug-likeness (QED) is 0.0161. The van der Waals surface area contributed by atoms with Crippen molar-refractivity contribution in [3.8, 4) is 0 Å². The number of nitrogens with one attached hydrogen (secondary N) is 1. The molecule has 0 aromatic rings. The Labute approximate surface area is 369 Å². The van der Waals surface area contributed by atoms with Gasteiger partial charge in [-0.25, -0.2) is 4.57 Å². The number of amides is 1. The van der Waals surface area contributed by atoms with E-state index in [1.807, 2.05) is 0 Å². The third-order valence-electron chi connectivity index (χ3n) is 11.8. The molecule has 13 nitrogen and oxygen atoms in total. The number of carbonyl (C=O) groups is 1. The Bertz CT molecular complexity index is 1140. The van der Waals surface area contributed by atoms with E-state index in [1.165, 1.54) is 134 Å². The molecule has 360 valence electrons. The van der Waals surface area contributed by atoms with Crippen LogP contribution in [0.5, 0.6) is 0 Å². The molecule has 8 atom stereocenters. The average molecular weight is 892 g/mol. The van der Waals surface area contributed by atoms with E-state index in [9.17, 15) is 50.0 Å². The van der Waals surface area contributed by atoms with Crippen molar-refractivity contribution in [2.45, 2.75) is 261 Å². The van der Waals surface area contributed by atoms with Gasteiger partial charge in [-0.15, -0.1) is 0 Å². The number of aliphatic hydroxyl groups excluding tert-OH is 7. The molecule has 0 bridgehead atoms. The van der Waals surface area contributed by atoms with Gasteiger partial charge in [0.15, 0.2) is 0 Å². The van der Waals surface area contributed by atoms with Crippen LogP contribution in [0.2, 0.25) is 0 Å². The number of aliphatic hydroxyl groups is 7. The van der Waals surface area contributed by atoms with Crippen molar-refractivity contribution in [3.05, 3.63) is 24.3 Å². The summed E-state index contributed by atoms with van der Waals surface area (Å²) < 4.78 is 22.9. The fourth-order valence-corrected chi connectivity index (χ4v) is 8.75. The Morgan fingerprint density at radius 1 is 0.574 bits per heavy atom. The molecule has 61 heavy (non-hydrogen) atoms. The van der Waals surface area contributed by atoms with Crippen LogP contribution in [-0.4, -0.2) is 108 Å². The fourth-order valence-electron chi connectivity index (χ4n) is 7.79. The van der Waals surface area contributed by atoms with Gasteiger partial charge in [0.25, 0.3) is 0 Å². The van der Waals surface area contributed by atoms with Gasteiger partial charge < -0.3 is 46.0 Å². The molecule has 0 aromatic heterocycles. The maximum absolute atomic E-state index is 13.0. The van der Waals surface area contributed by atoms with E-state index in [0.29, 0.717) is 12.8 Å². The summed E-state index contributed by atoms with van der Waals surface area (Å²) in [6, 6.07) is -1.25. The Hall–Kier alpha value is -1.22. The highest BCUT2D eigenvalue weighted by atomic mass is 31.2. The minimum absolute atomic E-state index is 0.249. The number of rotatable bonds is 40. The van der Waals surface area contributed by atoms with E-state index >= 15 is 0 Å². The van der Waals surface area contributed by atoms with E-state index in [0.717, 1.165) is 44.9 Å². The van der Waals surface area contributed by atoms with Crippen LogP contribution in [0, 0.1) is 0 Å². The van der Waals surface area contributed by atoms with Crippen molar-refractivity contribution in [3.63, 3.8) is 0 Å². The molecule has 1 rings (SSSR count). The Kier molecular flexibility index (Phi) is 35.1. The second-order valence-corrected chi connectivity index (χ2v) is 18.9. The summed E-state index contributed by atoms with van der Waals surface area (Å²) in [5.74, 6) is -0.600. The highest BCUT2D eigenvalue weighted by Crippen LogP contribution is 2.47. The van der Waals surface area contributed by atoms with Crippen molar-refractivity contribution >= 4 is 13.7 Å². The lowest BCUT2D eigenvalue weighted by Crippen LogP contribution is -2.64. The first-order valence-corrected chi connectivity index (χ1v) is 25.9. The number of unbranched alkanes of at least 4 members (excludes halogenated alkanes) is 25. The summed E-state index contributed by atoms with van der Waals surface area (Å²) in [6.07, 6.45) is 26.9. The minimum atomic E-state index is -5.15. The number of phosphoric acid groups is 1. The van der Waals surface area contributed by atoms with E-state index < -0.39 is 75.2 Å². The molecule has 14 heteroatoms. The summed E-state index contributed by atoms with van der Waals surface area (Å²) in [4.78, 5) is 23.4. The second kappa shape index (κ2) is 37.0. The Balaban J connectivity index is 2.55. The maximum Gasteiger partial charge on any atom is 0.472 e. The molecule has 0 radical (unpaired) electrons. The van der Waals surface area contributed by atoms with Gasteiger partial charge >= 0.3 is 7.82 Å². The van der Waals surface area contributed by atoms with Crippen LogP contribution in [0.4, 0.5) is 0 Å². The zero-order valence-electron chi connectivity index (χ0n) is 38.1. The molecule has 1 saturated carbocycles. The van der Waals surface area contributed by atoms with Crippen molar-refractivity contribution in [2.75, 3.05) is 6.61 Å². The van der Waals surface area contributed by atoms with Crippen molar-refractivity contribution in [1.29, 1.82) is 0 Å². The van der Waals surface area contributed by atoms with E-state index in [-0.39, 0.29) is 6.42 Å². The zero-order chi connectivity index (χ0) is 45.1. The number of phosphoric ester groups is 1. The smallest absolute Gasteiger partial charge is 0.393 e. The van der Waals surface area contributed by atoms with E-state index in [4.69, 9.17) is 9.05 Å². The van der Waals surface area contributed by atoms with Crippen molar-refractivity contribution in [2.24, 2.45) is 0 Å². The summed E-state index contributed by atoms with van der Waals surface area (Å²) in [5, 5.41) is 74.5. The Morgan fingerprint density at radius 2 is 0.967 bits per heavy atom. The van der Waals surface area contributed by atoms with E-state index in [1.54, 1.807) is 6.08 Å². The van der Waals surface area contributed by atoms with Gasteiger partial charge in [0.1, 0.15) is 36.6 Å². The molecular formula is C47H90NO12P. The molecule has 0 aliphatic heterocycles. The highest BCUT2D eigenvalue weighted by Gasteiger charge is 2.51. The standard InChI is InChI=1S/C47H90NO12P/c1-3-5-7-9-11-13-15-17-19-21-23-25-27-29-31-33-35-40(50)39(37-59-61(57,58)60-47-45(55)43(53)42(52)44(54)46(47)56)48-41(51)36-38(49)34-32-30-28-26-24-22-20-18-16-14-12-10-8-6-4-2/h25,27,33,35,38-40,42-47,49-50,52-56H,3-24,26,28-32,34,36-37H2,1-2H3,(H,48,51)(H,57,58)/b27-25+,35-33+. The Morgan fingerprint density at radius 3 is 1.44 bits per heavy atom. The van der Waals surface area contributed by atoms with Crippen LogP contribution in [-0.2, 0) is 18.4 Å². The summed E-state index contributed by atoms with van der Waals surface area (Å²) in [5.41, 5.74) is 0. The van der Waals surface area contributed by atoms with Crippen LogP contribution < -0.4 is 5.32 Å². The molecule has 0 aromatic carbocycles. The minimum Gasteiger partial charge on any atom is -0.393 e. The lowest BCUT2D eigenvalue weighted by atomic mass is 9.85. The first kappa shape index (κ1) is 57.8. The lowest BCUT2D eigenvalue weighted by molar-refractivity contribution is -0.220. The molecule has 9 N–H and O–H groups in total. The molecule has 0 heterocycles. The predicted molar refractivity (Wildman–Crippen MR) is 243 cm³/mol. The SMILES string of the molecule is CCCCCCCCCCCC/C=C/CC/C=C/C(O)C(COP(=O)(O)OC1C(O)C(O)C(O)C(O)C1O)NC(=O)CC(O)CCCCCCCCCCCCCCCCC. The van der Waals surface area contributed by atoms with E-state index in [2.05, 4.69) is 31.3 Å².